The molecular formula is C16H19ClFNO. The van der Waals surface area contributed by atoms with Crippen molar-refractivity contribution in [2.45, 2.75) is 38.6 Å². The summed E-state index contributed by atoms with van der Waals surface area (Å²) in [5.74, 6) is 1.13. The Morgan fingerprint density at radius 2 is 2.20 bits per heavy atom. The minimum Gasteiger partial charge on any atom is -0.349 e. The van der Waals surface area contributed by atoms with E-state index in [0.29, 0.717) is 5.92 Å². The number of hydrogen-bond acceptors (Lipinski definition) is 1. The molecule has 2 nitrogen and oxygen atoms in total. The highest BCUT2D eigenvalue weighted by Crippen LogP contribution is 2.49. The molecule has 2 bridgehead atoms. The van der Waals surface area contributed by atoms with Crippen molar-refractivity contribution in [3.05, 3.63) is 34.6 Å². The minimum atomic E-state index is -0.560. The number of carbonyl (C=O) groups is 1. The maximum atomic E-state index is 13.7. The summed E-state index contributed by atoms with van der Waals surface area (Å²) in [5.41, 5.74) is -0.0378. The zero-order chi connectivity index (χ0) is 14.3. The van der Waals surface area contributed by atoms with Gasteiger partial charge in [0.05, 0.1) is 10.6 Å². The van der Waals surface area contributed by atoms with E-state index in [0.717, 1.165) is 11.8 Å². The molecule has 2 aliphatic rings. The molecule has 0 aromatic heterocycles. The fourth-order valence-electron chi connectivity index (χ4n) is 4.01. The highest BCUT2D eigenvalue weighted by atomic mass is 35.5. The van der Waals surface area contributed by atoms with E-state index in [-0.39, 0.29) is 16.6 Å². The summed E-state index contributed by atoms with van der Waals surface area (Å²) >= 11 is 5.93. The van der Waals surface area contributed by atoms with Crippen molar-refractivity contribution in [3.63, 3.8) is 0 Å². The number of nitrogens with one attached hydrogen (secondary N) is 1. The average molecular weight is 296 g/mol. The predicted octanol–water partition coefficient (Wildman–Crippen LogP) is 4.03. The lowest BCUT2D eigenvalue weighted by Gasteiger charge is -2.28. The topological polar surface area (TPSA) is 29.1 Å². The molecule has 20 heavy (non-hydrogen) atoms. The van der Waals surface area contributed by atoms with E-state index in [9.17, 15) is 9.18 Å². The first-order chi connectivity index (χ1) is 9.56. The molecule has 2 saturated carbocycles. The second kappa shape index (κ2) is 5.36. The molecule has 0 saturated heterocycles. The highest BCUT2D eigenvalue weighted by Gasteiger charge is 2.42. The van der Waals surface area contributed by atoms with Crippen molar-refractivity contribution in [2.24, 2.45) is 17.8 Å². The molecule has 0 unspecified atom stereocenters. The minimum absolute atomic E-state index is 0.0378. The second-order valence-electron chi connectivity index (χ2n) is 6.20. The van der Waals surface area contributed by atoms with Crippen LogP contribution in [0.5, 0.6) is 0 Å². The maximum absolute atomic E-state index is 13.7. The number of fused-ring (bicyclic) bond motifs is 2. The molecule has 2 fully saturated rings. The molecule has 4 heteroatoms. The Hall–Kier alpha value is -1.09. The van der Waals surface area contributed by atoms with Gasteiger partial charge in [0.1, 0.15) is 5.82 Å². The molecular weight excluding hydrogens is 277 g/mol. The fraction of sp³-hybridized carbons (Fsp3) is 0.562. The predicted molar refractivity (Wildman–Crippen MR) is 77.3 cm³/mol. The Labute approximate surface area is 123 Å². The van der Waals surface area contributed by atoms with E-state index in [1.807, 2.05) is 6.92 Å². The van der Waals surface area contributed by atoms with Gasteiger partial charge in [0.15, 0.2) is 0 Å². The lowest BCUT2D eigenvalue weighted by Crippen LogP contribution is -2.40. The molecule has 1 N–H and O–H groups in total. The Morgan fingerprint density at radius 1 is 1.40 bits per heavy atom. The van der Waals surface area contributed by atoms with Crippen molar-refractivity contribution < 1.29 is 9.18 Å². The van der Waals surface area contributed by atoms with Gasteiger partial charge < -0.3 is 5.32 Å². The zero-order valence-electron chi connectivity index (χ0n) is 11.5. The van der Waals surface area contributed by atoms with Crippen LogP contribution in [-0.2, 0) is 0 Å². The molecule has 108 valence electrons. The smallest absolute Gasteiger partial charge is 0.255 e. The number of amides is 1. The van der Waals surface area contributed by atoms with E-state index >= 15 is 0 Å². The van der Waals surface area contributed by atoms with Crippen LogP contribution in [0.2, 0.25) is 5.02 Å². The van der Waals surface area contributed by atoms with Crippen LogP contribution in [0, 0.1) is 23.6 Å². The van der Waals surface area contributed by atoms with Crippen LogP contribution < -0.4 is 5.32 Å². The van der Waals surface area contributed by atoms with Gasteiger partial charge in [0.25, 0.3) is 5.91 Å². The fourth-order valence-corrected chi connectivity index (χ4v) is 4.26. The van der Waals surface area contributed by atoms with Crippen LogP contribution in [-0.4, -0.2) is 11.9 Å². The van der Waals surface area contributed by atoms with E-state index in [1.165, 1.54) is 37.8 Å². The molecule has 3 rings (SSSR count). The van der Waals surface area contributed by atoms with Crippen molar-refractivity contribution in [1.29, 1.82) is 0 Å². The average Bonchev–Trinajstić information content (AvgIpc) is 3.00. The summed E-state index contributed by atoms with van der Waals surface area (Å²) in [5, 5.41) is 3.11. The molecule has 1 aromatic rings. The Kier molecular flexibility index (Phi) is 3.72. The standard InChI is InChI=1S/C16H19ClFNO/c1-9(12-8-10-5-6-11(12)7-10)19-16(20)15-13(17)3-2-4-14(15)18/h2-4,9-12H,5-8H2,1H3,(H,19,20)/t9-,10+,11+,12-/m1/s1. The number of rotatable bonds is 3. The number of benzene rings is 1. The first kappa shape index (κ1) is 13.9. The summed E-state index contributed by atoms with van der Waals surface area (Å²) in [6.45, 7) is 2.03. The van der Waals surface area contributed by atoms with Gasteiger partial charge in [-0.15, -0.1) is 0 Å². The van der Waals surface area contributed by atoms with Crippen molar-refractivity contribution in [3.8, 4) is 0 Å². The molecule has 0 radical (unpaired) electrons. The molecule has 4 atom stereocenters. The first-order valence-corrected chi connectivity index (χ1v) is 7.69. The van der Waals surface area contributed by atoms with Crippen LogP contribution in [0.15, 0.2) is 18.2 Å². The van der Waals surface area contributed by atoms with E-state index in [1.54, 1.807) is 6.07 Å². The molecule has 0 spiro atoms. The zero-order valence-corrected chi connectivity index (χ0v) is 12.3. The van der Waals surface area contributed by atoms with Gasteiger partial charge in [-0.05, 0) is 56.1 Å². The molecule has 1 aromatic carbocycles. The Balaban J connectivity index is 1.70. The largest absolute Gasteiger partial charge is 0.349 e. The quantitative estimate of drug-likeness (QED) is 0.896. The third-order valence-electron chi connectivity index (χ3n) is 4.98. The number of halogens is 2. The Morgan fingerprint density at radius 3 is 2.80 bits per heavy atom. The van der Waals surface area contributed by atoms with E-state index < -0.39 is 11.7 Å². The lowest BCUT2D eigenvalue weighted by atomic mass is 9.84. The van der Waals surface area contributed by atoms with Crippen LogP contribution in [0.1, 0.15) is 43.0 Å². The van der Waals surface area contributed by atoms with Gasteiger partial charge in [-0.1, -0.05) is 24.1 Å². The first-order valence-electron chi connectivity index (χ1n) is 7.31. The number of hydrogen-bond donors (Lipinski definition) is 1. The third-order valence-corrected chi connectivity index (χ3v) is 5.30. The molecule has 2 aliphatic carbocycles. The van der Waals surface area contributed by atoms with Gasteiger partial charge in [-0.2, -0.15) is 0 Å². The van der Waals surface area contributed by atoms with Gasteiger partial charge in [-0.25, -0.2) is 4.39 Å². The lowest BCUT2D eigenvalue weighted by molar-refractivity contribution is 0.0911. The SMILES string of the molecule is C[C@@H](NC(=O)c1c(F)cccc1Cl)[C@H]1C[C@H]2CC[C@H]1C2. The number of carbonyl (C=O) groups excluding carboxylic acids is 1. The normalized spacial score (nSPS) is 29.4. The van der Waals surface area contributed by atoms with Crippen LogP contribution in [0.3, 0.4) is 0 Å². The molecule has 0 aliphatic heterocycles. The summed E-state index contributed by atoms with van der Waals surface area (Å²) in [7, 11) is 0. The highest BCUT2D eigenvalue weighted by molar-refractivity contribution is 6.33. The molecule has 1 amide bonds. The maximum Gasteiger partial charge on any atom is 0.255 e. The van der Waals surface area contributed by atoms with Gasteiger partial charge in [0, 0.05) is 6.04 Å². The monoisotopic (exact) mass is 295 g/mol. The van der Waals surface area contributed by atoms with Crippen molar-refractivity contribution >= 4 is 17.5 Å². The summed E-state index contributed by atoms with van der Waals surface area (Å²) < 4.78 is 13.7. The van der Waals surface area contributed by atoms with Crippen molar-refractivity contribution in [1.82, 2.24) is 5.32 Å². The Bertz CT molecular complexity index is 513. The van der Waals surface area contributed by atoms with Crippen molar-refractivity contribution in [2.75, 3.05) is 0 Å². The third kappa shape index (κ3) is 2.44. The van der Waals surface area contributed by atoms with E-state index in [2.05, 4.69) is 5.32 Å². The van der Waals surface area contributed by atoms with Crippen LogP contribution in [0.25, 0.3) is 0 Å². The summed E-state index contributed by atoms with van der Waals surface area (Å²) in [6.07, 6.45) is 5.10. The van der Waals surface area contributed by atoms with Crippen LogP contribution >= 0.6 is 11.6 Å². The van der Waals surface area contributed by atoms with Gasteiger partial charge >= 0.3 is 0 Å². The summed E-state index contributed by atoms with van der Waals surface area (Å²) in [6, 6.07) is 4.40. The van der Waals surface area contributed by atoms with Gasteiger partial charge in [-0.3, -0.25) is 4.79 Å². The van der Waals surface area contributed by atoms with Gasteiger partial charge in [0.2, 0.25) is 0 Å². The van der Waals surface area contributed by atoms with Crippen LogP contribution in [0.4, 0.5) is 4.39 Å². The van der Waals surface area contributed by atoms with E-state index in [4.69, 9.17) is 11.6 Å². The molecule has 0 heterocycles. The second-order valence-corrected chi connectivity index (χ2v) is 6.60. The summed E-state index contributed by atoms with van der Waals surface area (Å²) in [4.78, 5) is 12.2.